The highest BCUT2D eigenvalue weighted by Crippen LogP contribution is 2.12. The number of hydrogen-bond acceptors (Lipinski definition) is 4. The van der Waals surface area contributed by atoms with Crippen LogP contribution < -0.4 is 5.32 Å². The quantitative estimate of drug-likeness (QED) is 0.743. The number of amides is 1. The van der Waals surface area contributed by atoms with Gasteiger partial charge in [0.15, 0.2) is 0 Å². The summed E-state index contributed by atoms with van der Waals surface area (Å²) in [6.07, 6.45) is 0.270. The van der Waals surface area contributed by atoms with Crippen molar-refractivity contribution in [3.8, 4) is 6.07 Å². The third-order valence-electron chi connectivity index (χ3n) is 3.03. The van der Waals surface area contributed by atoms with Crippen molar-refractivity contribution in [1.82, 2.24) is 15.1 Å². The number of rotatable bonds is 4. The van der Waals surface area contributed by atoms with Gasteiger partial charge in [-0.1, -0.05) is 6.92 Å². The molecule has 96 valence electrons. The van der Waals surface area contributed by atoms with Gasteiger partial charge in [0.2, 0.25) is 5.91 Å². The first kappa shape index (κ1) is 13.9. The molecule has 5 nitrogen and oxygen atoms in total. The van der Waals surface area contributed by atoms with Gasteiger partial charge in [0.25, 0.3) is 0 Å². The Labute approximate surface area is 103 Å². The van der Waals surface area contributed by atoms with E-state index in [9.17, 15) is 4.79 Å². The van der Waals surface area contributed by atoms with Crippen molar-refractivity contribution in [2.24, 2.45) is 5.92 Å². The summed E-state index contributed by atoms with van der Waals surface area (Å²) in [5.74, 6) is 0.430. The number of carbonyl (C=O) groups excluding carboxylic acids is 1. The summed E-state index contributed by atoms with van der Waals surface area (Å²) >= 11 is 0. The lowest BCUT2D eigenvalue weighted by Crippen LogP contribution is -2.46. The molecule has 5 heteroatoms. The molecule has 1 heterocycles. The van der Waals surface area contributed by atoms with Crippen molar-refractivity contribution >= 4 is 5.91 Å². The summed E-state index contributed by atoms with van der Waals surface area (Å²) in [4.78, 5) is 16.1. The number of nitrogens with zero attached hydrogens (tertiary/aromatic N) is 3. The van der Waals surface area contributed by atoms with Gasteiger partial charge in [-0.25, -0.2) is 0 Å². The summed E-state index contributed by atoms with van der Waals surface area (Å²) in [6, 6.07) is 1.82. The predicted molar refractivity (Wildman–Crippen MR) is 66.3 cm³/mol. The summed E-state index contributed by atoms with van der Waals surface area (Å²) < 4.78 is 0. The molecule has 1 aliphatic rings. The summed E-state index contributed by atoms with van der Waals surface area (Å²) in [6.45, 7) is 5.44. The van der Waals surface area contributed by atoms with Crippen LogP contribution in [0.3, 0.4) is 0 Å². The highest BCUT2D eigenvalue weighted by molar-refractivity contribution is 5.82. The van der Waals surface area contributed by atoms with E-state index in [0.29, 0.717) is 12.5 Å². The average Bonchev–Trinajstić information content (AvgIpc) is 2.40. The second-order valence-corrected chi connectivity index (χ2v) is 5.03. The first-order chi connectivity index (χ1) is 8.04. The molecular weight excluding hydrogens is 216 g/mol. The predicted octanol–water partition coefficient (Wildman–Crippen LogP) is -0.102. The van der Waals surface area contributed by atoms with E-state index < -0.39 is 0 Å². The molecular formula is C12H22N4O. The minimum Gasteiger partial charge on any atom is -0.354 e. The molecule has 0 aromatic carbocycles. The molecule has 1 rings (SSSR count). The van der Waals surface area contributed by atoms with E-state index in [1.807, 2.05) is 14.1 Å². The number of hydrogen-bond donors (Lipinski definition) is 1. The lowest BCUT2D eigenvalue weighted by molar-refractivity contribution is -0.125. The fraction of sp³-hybridized carbons (Fsp3) is 0.833. The Bertz CT molecular complexity index is 297. The lowest BCUT2D eigenvalue weighted by atomic mass is 10.1. The maximum Gasteiger partial charge on any atom is 0.238 e. The fourth-order valence-corrected chi connectivity index (χ4v) is 2.03. The van der Waals surface area contributed by atoms with Crippen LogP contribution in [0.25, 0.3) is 0 Å². The van der Waals surface area contributed by atoms with Gasteiger partial charge in [-0.2, -0.15) is 5.26 Å². The van der Waals surface area contributed by atoms with Crippen LogP contribution in [0.2, 0.25) is 0 Å². The van der Waals surface area contributed by atoms with Crippen molar-refractivity contribution in [2.45, 2.75) is 19.4 Å². The Kier molecular flexibility index (Phi) is 5.39. The van der Waals surface area contributed by atoms with Gasteiger partial charge in [-0.05, 0) is 20.0 Å². The van der Waals surface area contributed by atoms with Crippen molar-refractivity contribution < 1.29 is 4.79 Å². The maximum absolute atomic E-state index is 11.9. The van der Waals surface area contributed by atoms with E-state index in [4.69, 9.17) is 5.26 Å². The molecule has 0 aromatic heterocycles. The fourth-order valence-electron chi connectivity index (χ4n) is 2.03. The van der Waals surface area contributed by atoms with Crippen LogP contribution in [0, 0.1) is 17.2 Å². The number of likely N-dealkylation sites (N-methyl/N-ethyl adjacent to an activating group) is 1. The lowest BCUT2D eigenvalue weighted by Gasteiger charge is -2.28. The third-order valence-corrected chi connectivity index (χ3v) is 3.03. The van der Waals surface area contributed by atoms with Gasteiger partial charge in [-0.3, -0.25) is 9.69 Å². The molecule has 2 atom stereocenters. The zero-order valence-electron chi connectivity index (χ0n) is 10.9. The SMILES string of the molecule is CC1CNC(=O)C(CC#N)N(CCN(C)C)C1. The molecule has 1 saturated heterocycles. The molecule has 2 unspecified atom stereocenters. The van der Waals surface area contributed by atoms with Crippen LogP contribution in [0.4, 0.5) is 0 Å². The number of carbonyl (C=O) groups is 1. The first-order valence-electron chi connectivity index (χ1n) is 6.08. The molecule has 1 fully saturated rings. The molecule has 0 saturated carbocycles. The normalized spacial score (nSPS) is 26.4. The Balaban J connectivity index is 2.69. The van der Waals surface area contributed by atoms with Crippen LogP contribution in [0.1, 0.15) is 13.3 Å². The standard InChI is InChI=1S/C12H22N4O/c1-10-8-14-12(17)11(4-5-13)16(9-10)7-6-15(2)3/h10-11H,4,6-9H2,1-3H3,(H,14,17). The van der Waals surface area contributed by atoms with Crippen molar-refractivity contribution in [3.63, 3.8) is 0 Å². The Morgan fingerprint density at radius 2 is 2.29 bits per heavy atom. The van der Waals surface area contributed by atoms with Crippen LogP contribution >= 0.6 is 0 Å². The topological polar surface area (TPSA) is 59.4 Å². The van der Waals surface area contributed by atoms with E-state index in [2.05, 4.69) is 28.1 Å². The van der Waals surface area contributed by atoms with Gasteiger partial charge in [0.05, 0.1) is 12.5 Å². The Morgan fingerprint density at radius 1 is 1.59 bits per heavy atom. The molecule has 1 amide bonds. The van der Waals surface area contributed by atoms with Crippen LogP contribution in [0.5, 0.6) is 0 Å². The summed E-state index contributed by atoms with van der Waals surface area (Å²) in [5, 5.41) is 11.7. The largest absolute Gasteiger partial charge is 0.354 e. The molecule has 1 N–H and O–H groups in total. The van der Waals surface area contributed by atoms with Crippen molar-refractivity contribution in [1.29, 1.82) is 5.26 Å². The molecule has 0 bridgehead atoms. The maximum atomic E-state index is 11.9. The molecule has 17 heavy (non-hydrogen) atoms. The summed E-state index contributed by atoms with van der Waals surface area (Å²) in [7, 11) is 4.03. The highest BCUT2D eigenvalue weighted by atomic mass is 16.2. The van der Waals surface area contributed by atoms with E-state index >= 15 is 0 Å². The van der Waals surface area contributed by atoms with E-state index in [0.717, 1.165) is 19.6 Å². The second kappa shape index (κ2) is 6.58. The highest BCUT2D eigenvalue weighted by Gasteiger charge is 2.29. The van der Waals surface area contributed by atoms with Gasteiger partial charge >= 0.3 is 0 Å². The molecule has 0 spiro atoms. The van der Waals surface area contributed by atoms with Crippen molar-refractivity contribution in [3.05, 3.63) is 0 Å². The van der Waals surface area contributed by atoms with Crippen LogP contribution in [0.15, 0.2) is 0 Å². The van der Waals surface area contributed by atoms with Gasteiger partial charge in [-0.15, -0.1) is 0 Å². The van der Waals surface area contributed by atoms with Crippen LogP contribution in [-0.2, 0) is 4.79 Å². The first-order valence-corrected chi connectivity index (χ1v) is 6.08. The Morgan fingerprint density at radius 3 is 2.88 bits per heavy atom. The monoisotopic (exact) mass is 238 g/mol. The zero-order chi connectivity index (χ0) is 12.8. The minimum absolute atomic E-state index is 0.00495. The molecule has 0 radical (unpaired) electrons. The van der Waals surface area contributed by atoms with Gasteiger partial charge in [0.1, 0.15) is 6.04 Å². The van der Waals surface area contributed by atoms with Gasteiger partial charge < -0.3 is 10.2 Å². The smallest absolute Gasteiger partial charge is 0.238 e. The Hall–Kier alpha value is -1.12. The van der Waals surface area contributed by atoms with E-state index in [-0.39, 0.29) is 18.4 Å². The second-order valence-electron chi connectivity index (χ2n) is 5.03. The zero-order valence-corrected chi connectivity index (χ0v) is 10.9. The summed E-state index contributed by atoms with van der Waals surface area (Å²) in [5.41, 5.74) is 0. The van der Waals surface area contributed by atoms with E-state index in [1.54, 1.807) is 0 Å². The number of nitrogens with one attached hydrogen (secondary N) is 1. The average molecular weight is 238 g/mol. The molecule has 0 aromatic rings. The molecule has 0 aliphatic carbocycles. The molecule has 1 aliphatic heterocycles. The minimum atomic E-state index is -0.287. The number of nitriles is 1. The van der Waals surface area contributed by atoms with Crippen molar-refractivity contribution in [2.75, 3.05) is 40.3 Å². The van der Waals surface area contributed by atoms with E-state index in [1.165, 1.54) is 0 Å². The van der Waals surface area contributed by atoms with Crippen LogP contribution in [-0.4, -0.2) is 62.0 Å². The van der Waals surface area contributed by atoms with Gasteiger partial charge in [0, 0.05) is 26.2 Å². The third kappa shape index (κ3) is 4.33.